The van der Waals surface area contributed by atoms with E-state index < -0.39 is 49.6 Å². The molecule has 0 saturated carbocycles. The zero-order valence-corrected chi connectivity index (χ0v) is 25.3. The van der Waals surface area contributed by atoms with Crippen LogP contribution in [-0.2, 0) is 42.4 Å². The number of methoxy groups -OCH3 is 1. The molecule has 2 rings (SSSR count). The Morgan fingerprint density at radius 1 is 0.950 bits per heavy atom. The first-order valence-corrected chi connectivity index (χ1v) is 16.8. The summed E-state index contributed by atoms with van der Waals surface area (Å²) in [7, 11) is -5.73. The van der Waals surface area contributed by atoms with E-state index in [0.717, 1.165) is 11.1 Å². The quantitative estimate of drug-likeness (QED) is 0.219. The number of hydrogen-bond acceptors (Lipinski definition) is 9. The minimum Gasteiger partial charge on any atom is -0.497 e. The summed E-state index contributed by atoms with van der Waals surface area (Å²) in [5.41, 5.74) is 8.41. The number of carbonyl (C=O) groups excluding carboxylic acids is 1. The summed E-state index contributed by atoms with van der Waals surface area (Å²) in [4.78, 5) is 13.3. The smallest absolute Gasteiger partial charge is 0.311 e. The topological polar surface area (TPSA) is 154 Å². The van der Waals surface area contributed by atoms with Crippen LogP contribution in [0.3, 0.4) is 0 Å². The average Bonchev–Trinajstić information content (AvgIpc) is 2.90. The Balaban J connectivity index is 2.20. The van der Waals surface area contributed by atoms with E-state index in [9.17, 15) is 21.6 Å². The third-order valence-electron chi connectivity index (χ3n) is 6.20. The number of benzene rings is 2. The molecule has 224 valence electrons. The Morgan fingerprint density at radius 2 is 1.62 bits per heavy atom. The second-order valence-electron chi connectivity index (χ2n) is 10.2. The predicted molar refractivity (Wildman–Crippen MR) is 157 cm³/mol. The van der Waals surface area contributed by atoms with Crippen molar-refractivity contribution in [2.45, 2.75) is 45.9 Å². The molecule has 0 spiro atoms. The minimum absolute atomic E-state index is 0.140. The number of esters is 1. The van der Waals surface area contributed by atoms with Gasteiger partial charge in [-0.2, -0.15) is 0 Å². The molecule has 0 amide bonds. The summed E-state index contributed by atoms with van der Waals surface area (Å²) in [5, 5.41) is 3.26. The van der Waals surface area contributed by atoms with Crippen LogP contribution >= 0.6 is 0 Å². The first kappa shape index (κ1) is 33.7. The number of sulfone groups is 1. The van der Waals surface area contributed by atoms with Gasteiger partial charge in [0.25, 0.3) is 0 Å². The van der Waals surface area contributed by atoms with Crippen molar-refractivity contribution >= 4 is 25.8 Å². The van der Waals surface area contributed by atoms with Crippen molar-refractivity contribution in [1.29, 1.82) is 0 Å². The van der Waals surface area contributed by atoms with Crippen LogP contribution in [0.25, 0.3) is 0 Å². The molecule has 1 unspecified atom stereocenters. The Bertz CT molecular complexity index is 1270. The molecule has 0 aliphatic heterocycles. The van der Waals surface area contributed by atoms with Crippen LogP contribution in [0.15, 0.2) is 54.6 Å². The third kappa shape index (κ3) is 12.3. The van der Waals surface area contributed by atoms with Gasteiger partial charge in [-0.05, 0) is 35.6 Å². The van der Waals surface area contributed by atoms with Crippen LogP contribution in [0.1, 0.15) is 31.9 Å². The Labute approximate surface area is 239 Å². The maximum atomic E-state index is 13.3. The lowest BCUT2D eigenvalue weighted by molar-refractivity contribution is -0.154. The number of rotatable bonds is 18. The fourth-order valence-corrected chi connectivity index (χ4v) is 6.60. The first-order chi connectivity index (χ1) is 18.8. The molecule has 0 radical (unpaired) electrons. The molecular formula is C28H43N3O7S2. The predicted octanol–water partition coefficient (Wildman–Crippen LogP) is 1.89. The van der Waals surface area contributed by atoms with Crippen LogP contribution in [-0.4, -0.2) is 72.4 Å². The van der Waals surface area contributed by atoms with Crippen molar-refractivity contribution in [2.75, 3.05) is 37.5 Å². The fourth-order valence-electron chi connectivity index (χ4n) is 4.04. The summed E-state index contributed by atoms with van der Waals surface area (Å²) < 4.78 is 63.1. The van der Waals surface area contributed by atoms with Gasteiger partial charge in [0.15, 0.2) is 9.84 Å². The highest BCUT2D eigenvalue weighted by molar-refractivity contribution is 7.91. The lowest BCUT2D eigenvalue weighted by Gasteiger charge is -2.27. The standard InChI is InChI=1S/C28H43N3O7S2/c1-5-39(33,34)20-24(17-31-40(35,36)19-21(2)3)28(32)38-27(26(29)15-22-10-7-6-8-11-22)18-30-16-23-12-9-13-25(14-23)37-4/h6-14,21,24,26-27,30-31H,5,15-20,29H2,1-4H3/t24?,26-,27-/m1/s1. The second kappa shape index (κ2) is 16.1. The van der Waals surface area contributed by atoms with E-state index in [1.54, 1.807) is 21.0 Å². The summed E-state index contributed by atoms with van der Waals surface area (Å²) in [6, 6.07) is 16.4. The van der Waals surface area contributed by atoms with Gasteiger partial charge >= 0.3 is 5.97 Å². The molecule has 2 aromatic rings. The first-order valence-electron chi connectivity index (χ1n) is 13.4. The van der Waals surface area contributed by atoms with Crippen molar-refractivity contribution in [2.24, 2.45) is 17.6 Å². The monoisotopic (exact) mass is 597 g/mol. The van der Waals surface area contributed by atoms with Gasteiger partial charge in [0.2, 0.25) is 10.0 Å². The van der Waals surface area contributed by atoms with Gasteiger partial charge in [0, 0.05) is 31.4 Å². The minimum atomic E-state index is -3.71. The van der Waals surface area contributed by atoms with Gasteiger partial charge in [-0.25, -0.2) is 21.6 Å². The maximum Gasteiger partial charge on any atom is 0.311 e. The number of nitrogens with two attached hydrogens (primary N) is 1. The molecule has 2 aromatic carbocycles. The van der Waals surface area contributed by atoms with Crippen molar-refractivity contribution in [3.05, 3.63) is 65.7 Å². The zero-order chi connectivity index (χ0) is 29.8. The molecule has 0 aliphatic carbocycles. The molecule has 0 fully saturated rings. The molecule has 4 N–H and O–H groups in total. The molecule has 0 heterocycles. The fraction of sp³-hybridized carbons (Fsp3) is 0.536. The van der Waals surface area contributed by atoms with E-state index in [0.29, 0.717) is 18.7 Å². The van der Waals surface area contributed by atoms with Gasteiger partial charge in [-0.15, -0.1) is 0 Å². The zero-order valence-electron chi connectivity index (χ0n) is 23.7. The van der Waals surface area contributed by atoms with Crippen molar-refractivity contribution in [1.82, 2.24) is 10.0 Å². The average molecular weight is 598 g/mol. The number of nitrogens with one attached hydrogen (secondary N) is 2. The Hall–Kier alpha value is -2.51. The number of hydrogen-bond donors (Lipinski definition) is 3. The van der Waals surface area contributed by atoms with Crippen LogP contribution in [0.4, 0.5) is 0 Å². The van der Waals surface area contributed by atoms with E-state index in [-0.39, 0.29) is 30.5 Å². The second-order valence-corrected chi connectivity index (χ2v) is 14.5. The van der Waals surface area contributed by atoms with Crippen molar-refractivity contribution in [3.63, 3.8) is 0 Å². The molecule has 40 heavy (non-hydrogen) atoms. The number of ether oxygens (including phenoxy) is 2. The van der Waals surface area contributed by atoms with Crippen LogP contribution in [0, 0.1) is 11.8 Å². The molecular weight excluding hydrogens is 554 g/mol. The van der Waals surface area contributed by atoms with E-state index in [1.807, 2.05) is 54.6 Å². The van der Waals surface area contributed by atoms with Gasteiger partial charge in [-0.1, -0.05) is 63.2 Å². The number of sulfonamides is 1. The molecule has 12 heteroatoms. The Morgan fingerprint density at radius 3 is 2.25 bits per heavy atom. The summed E-state index contributed by atoms with van der Waals surface area (Å²) in [5.74, 6) is -2.34. The summed E-state index contributed by atoms with van der Waals surface area (Å²) in [6.45, 7) is 5.25. The summed E-state index contributed by atoms with van der Waals surface area (Å²) >= 11 is 0. The normalized spacial score (nSPS) is 14.4. The van der Waals surface area contributed by atoms with E-state index in [2.05, 4.69) is 10.0 Å². The van der Waals surface area contributed by atoms with Crippen LogP contribution < -0.4 is 20.5 Å². The van der Waals surface area contributed by atoms with Gasteiger partial charge in [0.1, 0.15) is 11.9 Å². The molecule has 0 aromatic heterocycles. The van der Waals surface area contributed by atoms with E-state index in [1.165, 1.54) is 6.92 Å². The maximum absolute atomic E-state index is 13.3. The molecule has 0 saturated heterocycles. The lowest BCUT2D eigenvalue weighted by atomic mass is 10.0. The molecule has 0 bridgehead atoms. The number of carbonyl (C=O) groups is 1. The van der Waals surface area contributed by atoms with Crippen molar-refractivity contribution in [3.8, 4) is 5.75 Å². The van der Waals surface area contributed by atoms with Crippen LogP contribution in [0.2, 0.25) is 0 Å². The van der Waals surface area contributed by atoms with E-state index in [4.69, 9.17) is 15.2 Å². The highest BCUT2D eigenvalue weighted by Crippen LogP contribution is 2.14. The lowest BCUT2D eigenvalue weighted by Crippen LogP contribution is -2.48. The van der Waals surface area contributed by atoms with Gasteiger partial charge in [0.05, 0.1) is 24.5 Å². The largest absolute Gasteiger partial charge is 0.497 e. The Kier molecular flexibility index (Phi) is 13.5. The van der Waals surface area contributed by atoms with Crippen LogP contribution in [0.5, 0.6) is 5.75 Å². The highest BCUT2D eigenvalue weighted by Gasteiger charge is 2.31. The van der Waals surface area contributed by atoms with Crippen molar-refractivity contribution < 1.29 is 31.1 Å². The van der Waals surface area contributed by atoms with Gasteiger partial charge in [-0.3, -0.25) is 4.79 Å². The molecule has 0 aliphatic rings. The third-order valence-corrected chi connectivity index (χ3v) is 9.70. The molecule has 3 atom stereocenters. The molecule has 10 nitrogen and oxygen atoms in total. The van der Waals surface area contributed by atoms with E-state index >= 15 is 0 Å². The van der Waals surface area contributed by atoms with Gasteiger partial charge < -0.3 is 20.5 Å². The SMILES string of the molecule is CCS(=O)(=O)CC(CNS(=O)(=O)CC(C)C)C(=O)O[C@H](CNCc1cccc(OC)c1)[C@H](N)Cc1ccccc1. The highest BCUT2D eigenvalue weighted by atomic mass is 32.2. The summed E-state index contributed by atoms with van der Waals surface area (Å²) in [6.07, 6.45) is -0.393.